The van der Waals surface area contributed by atoms with Crippen LogP contribution >= 0.6 is 0 Å². The number of hydrogen-bond acceptors (Lipinski definition) is 9. The van der Waals surface area contributed by atoms with Crippen molar-refractivity contribution in [2.75, 3.05) is 0 Å². The van der Waals surface area contributed by atoms with Crippen LogP contribution in [-0.2, 0) is 28.8 Å². The Bertz CT molecular complexity index is 406. The summed E-state index contributed by atoms with van der Waals surface area (Å²) in [6.45, 7) is 4.15. The van der Waals surface area contributed by atoms with E-state index in [2.05, 4.69) is 6.92 Å². The monoisotopic (exact) mass is 624 g/mol. The molecule has 0 spiro atoms. The van der Waals surface area contributed by atoms with E-state index < -0.39 is 78.6 Å². The molecule has 0 aromatic carbocycles. The molecule has 0 radical (unpaired) electrons. The normalized spacial score (nSPS) is 15.9. The van der Waals surface area contributed by atoms with Crippen molar-refractivity contribution in [3.63, 3.8) is 0 Å². The van der Waals surface area contributed by atoms with Crippen molar-refractivity contribution in [1.82, 2.24) is 0 Å². The molecule has 0 aliphatic heterocycles. The van der Waals surface area contributed by atoms with E-state index in [0.717, 1.165) is 12.5 Å². The standard InChI is InChI=1S/C17H52O9Si8/c1-3-4-5-6-7-8-9-10-11-12-13-14-15-16-17-34(2,19)26-33-25-32-24-31-23-30-22-29-21-28-20-27-18/h18-19H,3-17,27-33H2,1-2H3. The minimum atomic E-state index is -2.57. The van der Waals surface area contributed by atoms with Gasteiger partial charge in [0, 0.05) is 0 Å². The largest absolute Gasteiger partial charge is 0.425 e. The van der Waals surface area contributed by atoms with Crippen molar-refractivity contribution >= 4 is 78.6 Å². The van der Waals surface area contributed by atoms with Gasteiger partial charge < -0.3 is 38.4 Å². The molecule has 0 aromatic heterocycles. The minimum absolute atomic E-state index is 0.797. The highest BCUT2D eigenvalue weighted by molar-refractivity contribution is 6.69. The van der Waals surface area contributed by atoms with Crippen LogP contribution in [0.25, 0.3) is 0 Å². The van der Waals surface area contributed by atoms with Gasteiger partial charge in [0.05, 0.1) is 0 Å². The molecular weight excluding hydrogens is 573 g/mol. The van der Waals surface area contributed by atoms with Crippen molar-refractivity contribution in [1.29, 1.82) is 0 Å². The molecule has 9 nitrogen and oxygen atoms in total. The third-order valence-corrected chi connectivity index (χ3v) is 17.7. The van der Waals surface area contributed by atoms with Gasteiger partial charge >= 0.3 is 8.56 Å². The summed E-state index contributed by atoms with van der Waals surface area (Å²) in [5.41, 5.74) is 0. The van der Waals surface area contributed by atoms with Crippen LogP contribution in [0.15, 0.2) is 0 Å². The Kier molecular flexibility index (Phi) is 30.1. The molecule has 206 valence electrons. The fourth-order valence-electron chi connectivity index (χ4n) is 3.39. The van der Waals surface area contributed by atoms with Crippen molar-refractivity contribution in [3.05, 3.63) is 0 Å². The van der Waals surface area contributed by atoms with Crippen LogP contribution in [0.4, 0.5) is 0 Å². The predicted octanol–water partition coefficient (Wildman–Crippen LogP) is -1.37. The zero-order valence-electron chi connectivity index (χ0n) is 21.8. The van der Waals surface area contributed by atoms with Gasteiger partial charge in [-0.2, -0.15) is 0 Å². The highest BCUT2D eigenvalue weighted by atomic mass is 28.4. The van der Waals surface area contributed by atoms with Crippen molar-refractivity contribution in [2.45, 2.75) is 109 Å². The molecule has 0 aliphatic rings. The van der Waals surface area contributed by atoms with Crippen molar-refractivity contribution in [3.8, 4) is 0 Å². The number of rotatable bonds is 29. The maximum atomic E-state index is 10.5. The number of hydrogen-bond donors (Lipinski definition) is 2. The Morgan fingerprint density at radius 1 is 0.529 bits per heavy atom. The molecule has 0 heterocycles. The van der Waals surface area contributed by atoms with Gasteiger partial charge in [-0.1, -0.05) is 96.8 Å². The van der Waals surface area contributed by atoms with E-state index in [1.54, 1.807) is 0 Å². The van der Waals surface area contributed by atoms with Gasteiger partial charge in [-0.25, -0.2) is 0 Å². The molecule has 1 atom stereocenters. The van der Waals surface area contributed by atoms with Crippen LogP contribution in [0.3, 0.4) is 0 Å². The first-order chi connectivity index (χ1) is 16.6. The van der Waals surface area contributed by atoms with Gasteiger partial charge in [0.1, 0.15) is 0 Å². The topological polar surface area (TPSA) is 105 Å². The average Bonchev–Trinajstić information content (AvgIpc) is 2.82. The first-order valence-electron chi connectivity index (χ1n) is 13.1. The highest BCUT2D eigenvalue weighted by Crippen LogP contribution is 2.16. The van der Waals surface area contributed by atoms with Crippen LogP contribution < -0.4 is 0 Å². The van der Waals surface area contributed by atoms with Gasteiger partial charge in [-0.3, -0.25) is 0 Å². The van der Waals surface area contributed by atoms with Crippen molar-refractivity contribution < 1.29 is 38.4 Å². The summed E-state index contributed by atoms with van der Waals surface area (Å²) in [7, 11) is -10.2. The van der Waals surface area contributed by atoms with Gasteiger partial charge in [0.25, 0.3) is 70.0 Å². The lowest BCUT2D eigenvalue weighted by Gasteiger charge is -2.20. The maximum absolute atomic E-state index is 10.5. The molecule has 1 unspecified atom stereocenters. The van der Waals surface area contributed by atoms with Crippen molar-refractivity contribution in [2.24, 2.45) is 0 Å². The summed E-state index contributed by atoms with van der Waals surface area (Å²) in [4.78, 5) is 19.1. The highest BCUT2D eigenvalue weighted by Gasteiger charge is 2.25. The predicted molar refractivity (Wildman–Crippen MR) is 159 cm³/mol. The van der Waals surface area contributed by atoms with Crippen LogP contribution in [-0.4, -0.2) is 88.2 Å². The minimum Gasteiger partial charge on any atom is -0.425 e. The van der Waals surface area contributed by atoms with E-state index >= 15 is 0 Å². The number of unbranched alkanes of at least 4 members (excludes halogenated alkanes) is 13. The third-order valence-electron chi connectivity index (χ3n) is 5.37. The van der Waals surface area contributed by atoms with Crippen LogP contribution in [0, 0.1) is 0 Å². The van der Waals surface area contributed by atoms with Crippen LogP contribution in [0.1, 0.15) is 96.8 Å². The Labute approximate surface area is 225 Å². The fraction of sp³-hybridized carbons (Fsp3) is 1.00. The second-order valence-corrected chi connectivity index (χ2v) is 24.2. The third kappa shape index (κ3) is 29.6. The molecule has 2 N–H and O–H groups in total. The smallest absolute Gasteiger partial charge is 0.323 e. The van der Waals surface area contributed by atoms with Crippen LogP contribution in [0.2, 0.25) is 12.6 Å². The summed E-state index contributed by atoms with van der Waals surface area (Å²) in [5.74, 6) is 0. The zero-order valence-corrected chi connectivity index (χ0v) is 32.7. The summed E-state index contributed by atoms with van der Waals surface area (Å²) in [6, 6.07) is 0.797. The van der Waals surface area contributed by atoms with E-state index in [1.807, 2.05) is 6.55 Å². The molecule has 0 bridgehead atoms. The summed E-state index contributed by atoms with van der Waals surface area (Å²) >= 11 is 0. The Morgan fingerprint density at radius 2 is 0.882 bits per heavy atom. The fourth-order valence-corrected chi connectivity index (χ4v) is 16.3. The Hall–Kier alpha value is 1.38. The molecule has 34 heavy (non-hydrogen) atoms. The van der Waals surface area contributed by atoms with Gasteiger partial charge in [0.15, 0.2) is 0 Å². The summed E-state index contributed by atoms with van der Waals surface area (Å²) < 4.78 is 37.7. The molecular formula is C17H52O9Si8. The molecule has 0 amide bonds. The molecule has 0 saturated carbocycles. The van der Waals surface area contributed by atoms with Crippen LogP contribution in [0.5, 0.6) is 0 Å². The molecule has 17 heteroatoms. The first kappa shape index (κ1) is 35.4. The zero-order chi connectivity index (χ0) is 25.0. The first-order valence-corrected chi connectivity index (χ1v) is 23.8. The second-order valence-electron chi connectivity index (χ2n) is 8.73. The van der Waals surface area contributed by atoms with E-state index in [4.69, 9.17) is 33.6 Å². The lowest BCUT2D eigenvalue weighted by molar-refractivity contribution is 0.338. The SMILES string of the molecule is CCCCCCCCCCCCCCCC[Si](C)(O)O[SiH2]O[SiH2]O[SiH2]O[SiH2]O[SiH2]O[SiH2]O[SiH2]O. The maximum Gasteiger partial charge on any atom is 0.323 e. The molecule has 0 aromatic rings. The second kappa shape index (κ2) is 28.9. The molecule has 0 fully saturated rings. The van der Waals surface area contributed by atoms with Gasteiger partial charge in [-0.05, 0) is 12.6 Å². The van der Waals surface area contributed by atoms with Gasteiger partial charge in [0.2, 0.25) is 0 Å². The lowest BCUT2D eigenvalue weighted by atomic mass is 10.0. The quantitative estimate of drug-likeness (QED) is 0.0771. The van der Waals surface area contributed by atoms with E-state index in [9.17, 15) is 4.80 Å². The summed E-state index contributed by atoms with van der Waals surface area (Å²) in [6.07, 6.45) is 18.8. The Balaban J connectivity index is 3.28. The van der Waals surface area contributed by atoms with E-state index in [-0.39, 0.29) is 0 Å². The summed E-state index contributed by atoms with van der Waals surface area (Å²) in [5, 5.41) is 0. The Morgan fingerprint density at radius 3 is 1.29 bits per heavy atom. The van der Waals surface area contributed by atoms with E-state index in [0.29, 0.717) is 0 Å². The molecule has 0 aliphatic carbocycles. The van der Waals surface area contributed by atoms with Gasteiger partial charge in [-0.15, -0.1) is 0 Å². The lowest BCUT2D eigenvalue weighted by Crippen LogP contribution is -2.37. The molecule has 0 saturated heterocycles. The molecule has 0 rings (SSSR count). The average molecular weight is 625 g/mol. The van der Waals surface area contributed by atoms with E-state index in [1.165, 1.54) is 83.5 Å².